The Morgan fingerprint density at radius 1 is 1.10 bits per heavy atom. The Hall–Kier alpha value is -1.41. The van der Waals surface area contributed by atoms with Crippen LogP contribution in [-0.4, -0.2) is 57.2 Å². The first-order valence-electron chi connectivity index (χ1n) is 6.36. The molecule has 0 aromatic rings. The molecule has 1 rings (SSSR count). The number of nitrogens with zero attached hydrogens (tertiary/aromatic N) is 1. The molecule has 8 heteroatoms. The van der Waals surface area contributed by atoms with Gasteiger partial charge in [0, 0.05) is 25.2 Å². The van der Waals surface area contributed by atoms with Gasteiger partial charge in [0.15, 0.2) is 0 Å². The smallest absolute Gasteiger partial charge is 0.331 e. The molecule has 0 unspecified atom stereocenters. The van der Waals surface area contributed by atoms with E-state index in [0.717, 1.165) is 31.4 Å². The molecule has 0 radical (unpaired) electrons. The summed E-state index contributed by atoms with van der Waals surface area (Å²) in [6.07, 6.45) is 4.59. The number of ether oxygens (including phenoxy) is 2. The molecule has 7 nitrogen and oxygen atoms in total. The Kier molecular flexibility index (Phi) is 6.66. The van der Waals surface area contributed by atoms with E-state index < -0.39 is 22.0 Å². The van der Waals surface area contributed by atoms with Gasteiger partial charge in [-0.15, -0.1) is 0 Å². The van der Waals surface area contributed by atoms with Gasteiger partial charge in [0.2, 0.25) is 10.0 Å². The lowest BCUT2D eigenvalue weighted by Gasteiger charge is -2.25. The van der Waals surface area contributed by atoms with Crippen LogP contribution in [0.1, 0.15) is 19.3 Å². The summed E-state index contributed by atoms with van der Waals surface area (Å²) in [4.78, 5) is 21.9. The van der Waals surface area contributed by atoms with Gasteiger partial charge in [-0.3, -0.25) is 0 Å². The molecule has 0 aromatic carbocycles. The van der Waals surface area contributed by atoms with Crippen LogP contribution in [0.15, 0.2) is 12.2 Å². The topological polar surface area (TPSA) is 90.0 Å². The standard InChI is InChI=1S/C12H19NO6S/c1-18-11(14)5-6-12(15)19-9-10-20(16,17)13-7-3-2-4-8-13/h5-6H,2-4,7-10H2,1H3/b6-5+. The second-order valence-electron chi connectivity index (χ2n) is 4.30. The highest BCUT2D eigenvalue weighted by molar-refractivity contribution is 7.89. The molecule has 114 valence electrons. The normalized spacial score (nSPS) is 17.1. The lowest BCUT2D eigenvalue weighted by molar-refractivity contribution is -0.138. The van der Waals surface area contributed by atoms with E-state index in [2.05, 4.69) is 4.74 Å². The number of rotatable bonds is 6. The number of esters is 2. The summed E-state index contributed by atoms with van der Waals surface area (Å²) in [7, 11) is -2.19. The lowest BCUT2D eigenvalue weighted by Crippen LogP contribution is -2.38. The molecule has 0 saturated carbocycles. The third-order valence-corrected chi connectivity index (χ3v) is 4.69. The van der Waals surface area contributed by atoms with Gasteiger partial charge in [-0.1, -0.05) is 6.42 Å². The number of hydrogen-bond acceptors (Lipinski definition) is 6. The molecular formula is C12H19NO6S. The van der Waals surface area contributed by atoms with Gasteiger partial charge in [0.25, 0.3) is 0 Å². The second kappa shape index (κ2) is 8.01. The summed E-state index contributed by atoms with van der Waals surface area (Å²) < 4.78 is 34.3. The molecule has 1 heterocycles. The highest BCUT2D eigenvalue weighted by Crippen LogP contribution is 2.13. The van der Waals surface area contributed by atoms with E-state index in [-0.39, 0.29) is 12.4 Å². The number of sulfonamides is 1. The summed E-state index contributed by atoms with van der Waals surface area (Å²) in [6, 6.07) is 0. The average molecular weight is 305 g/mol. The van der Waals surface area contributed by atoms with Crippen LogP contribution in [-0.2, 0) is 29.1 Å². The Labute approximate surface area is 118 Å². The second-order valence-corrected chi connectivity index (χ2v) is 6.39. The summed E-state index contributed by atoms with van der Waals surface area (Å²) >= 11 is 0. The van der Waals surface area contributed by atoms with E-state index in [0.29, 0.717) is 13.1 Å². The van der Waals surface area contributed by atoms with Crippen molar-refractivity contribution in [2.24, 2.45) is 0 Å². The number of carbonyl (C=O) groups excluding carboxylic acids is 2. The zero-order chi connectivity index (χ0) is 15.0. The number of methoxy groups -OCH3 is 1. The highest BCUT2D eigenvalue weighted by atomic mass is 32.2. The molecule has 0 N–H and O–H groups in total. The number of hydrogen-bond donors (Lipinski definition) is 0. The van der Waals surface area contributed by atoms with Gasteiger partial charge >= 0.3 is 11.9 Å². The van der Waals surface area contributed by atoms with Crippen LogP contribution < -0.4 is 0 Å². The third kappa shape index (κ3) is 5.70. The van der Waals surface area contributed by atoms with E-state index >= 15 is 0 Å². The van der Waals surface area contributed by atoms with Crippen molar-refractivity contribution in [3.63, 3.8) is 0 Å². The van der Waals surface area contributed by atoms with Crippen LogP contribution in [0.25, 0.3) is 0 Å². The molecule has 1 saturated heterocycles. The van der Waals surface area contributed by atoms with Crippen LogP contribution in [0.3, 0.4) is 0 Å². The van der Waals surface area contributed by atoms with Gasteiger partial charge in [-0.25, -0.2) is 22.3 Å². The monoisotopic (exact) mass is 305 g/mol. The first-order valence-corrected chi connectivity index (χ1v) is 7.97. The van der Waals surface area contributed by atoms with E-state index in [1.54, 1.807) is 0 Å². The van der Waals surface area contributed by atoms with Crippen LogP contribution in [0, 0.1) is 0 Å². The van der Waals surface area contributed by atoms with Crippen molar-refractivity contribution in [1.82, 2.24) is 4.31 Å². The van der Waals surface area contributed by atoms with Crippen molar-refractivity contribution in [1.29, 1.82) is 0 Å². The van der Waals surface area contributed by atoms with Gasteiger partial charge in [0.05, 0.1) is 12.9 Å². The van der Waals surface area contributed by atoms with Gasteiger partial charge in [0.1, 0.15) is 6.61 Å². The maximum absolute atomic E-state index is 11.9. The minimum Gasteiger partial charge on any atom is -0.466 e. The van der Waals surface area contributed by atoms with Gasteiger partial charge in [-0.05, 0) is 12.8 Å². The first-order chi connectivity index (χ1) is 9.45. The summed E-state index contributed by atoms with van der Waals surface area (Å²) in [5.41, 5.74) is 0. The molecule has 0 amide bonds. The van der Waals surface area contributed by atoms with E-state index in [9.17, 15) is 18.0 Å². The Balaban J connectivity index is 2.34. The minimum atomic E-state index is -3.37. The minimum absolute atomic E-state index is 0.233. The number of piperidine rings is 1. The fraction of sp³-hybridized carbons (Fsp3) is 0.667. The SMILES string of the molecule is COC(=O)/C=C/C(=O)OCCS(=O)(=O)N1CCCCC1. The third-order valence-electron chi connectivity index (χ3n) is 2.85. The Morgan fingerprint density at radius 2 is 1.70 bits per heavy atom. The molecule has 1 aliphatic rings. The quantitative estimate of drug-likeness (QED) is 0.510. The summed E-state index contributed by atoms with van der Waals surface area (Å²) in [5, 5.41) is 0. The summed E-state index contributed by atoms with van der Waals surface area (Å²) in [6.45, 7) is 0.820. The fourth-order valence-corrected chi connectivity index (χ4v) is 3.14. The molecule has 0 atom stereocenters. The molecule has 0 aromatic heterocycles. The summed E-state index contributed by atoms with van der Waals surface area (Å²) in [5.74, 6) is -1.70. The fourth-order valence-electron chi connectivity index (χ4n) is 1.77. The Morgan fingerprint density at radius 3 is 2.30 bits per heavy atom. The van der Waals surface area contributed by atoms with Gasteiger partial charge < -0.3 is 9.47 Å². The van der Waals surface area contributed by atoms with Crippen LogP contribution in [0.5, 0.6) is 0 Å². The lowest BCUT2D eigenvalue weighted by atomic mass is 10.2. The van der Waals surface area contributed by atoms with Crippen molar-refractivity contribution in [2.75, 3.05) is 32.6 Å². The zero-order valence-corrected chi connectivity index (χ0v) is 12.2. The molecule has 0 spiro atoms. The van der Waals surface area contributed by atoms with Crippen LogP contribution in [0.4, 0.5) is 0 Å². The van der Waals surface area contributed by atoms with Crippen molar-refractivity contribution in [2.45, 2.75) is 19.3 Å². The van der Waals surface area contributed by atoms with Crippen molar-refractivity contribution in [3.05, 3.63) is 12.2 Å². The van der Waals surface area contributed by atoms with E-state index in [1.807, 2.05) is 0 Å². The zero-order valence-electron chi connectivity index (χ0n) is 11.4. The maximum Gasteiger partial charge on any atom is 0.331 e. The Bertz CT molecular complexity index is 464. The van der Waals surface area contributed by atoms with Gasteiger partial charge in [-0.2, -0.15) is 0 Å². The largest absolute Gasteiger partial charge is 0.466 e. The van der Waals surface area contributed by atoms with E-state index in [4.69, 9.17) is 4.74 Å². The first kappa shape index (κ1) is 16.6. The van der Waals surface area contributed by atoms with E-state index in [1.165, 1.54) is 11.4 Å². The molecule has 1 aliphatic heterocycles. The molecular weight excluding hydrogens is 286 g/mol. The van der Waals surface area contributed by atoms with Crippen LogP contribution in [0.2, 0.25) is 0 Å². The van der Waals surface area contributed by atoms with Crippen molar-refractivity contribution >= 4 is 22.0 Å². The average Bonchev–Trinajstić information content (AvgIpc) is 2.45. The molecule has 0 aliphatic carbocycles. The number of carbonyl (C=O) groups is 2. The predicted octanol–water partition coefficient (Wildman–Crippen LogP) is 0.0745. The predicted molar refractivity (Wildman–Crippen MR) is 71.3 cm³/mol. The molecule has 1 fully saturated rings. The molecule has 0 bridgehead atoms. The highest BCUT2D eigenvalue weighted by Gasteiger charge is 2.23. The maximum atomic E-state index is 11.9. The van der Waals surface area contributed by atoms with Crippen molar-refractivity contribution in [3.8, 4) is 0 Å². The molecule has 20 heavy (non-hydrogen) atoms. The van der Waals surface area contributed by atoms with Crippen LogP contribution >= 0.6 is 0 Å². The van der Waals surface area contributed by atoms with Crippen molar-refractivity contribution < 1.29 is 27.5 Å².